The second-order valence-corrected chi connectivity index (χ2v) is 5.75. The molecule has 1 saturated carbocycles. The van der Waals surface area contributed by atoms with Gasteiger partial charge in [0.1, 0.15) is 12.4 Å². The predicted octanol–water partition coefficient (Wildman–Crippen LogP) is 1.40. The van der Waals surface area contributed by atoms with Crippen LogP contribution in [0.25, 0.3) is 0 Å². The molecule has 9 heteroatoms. The quantitative estimate of drug-likeness (QED) is 0.825. The van der Waals surface area contributed by atoms with Gasteiger partial charge < -0.3 is 15.0 Å². The molecule has 1 fully saturated rings. The molecule has 0 radical (unpaired) electrons. The van der Waals surface area contributed by atoms with Crippen molar-refractivity contribution < 1.29 is 23.1 Å². The van der Waals surface area contributed by atoms with Crippen LogP contribution in [0.15, 0.2) is 12.1 Å². The average Bonchev–Trinajstić information content (AvgIpc) is 2.88. The number of nitrogens with zero attached hydrogens (tertiary/aromatic N) is 3. The van der Waals surface area contributed by atoms with Gasteiger partial charge in [-0.3, -0.25) is 4.79 Å². The van der Waals surface area contributed by atoms with Gasteiger partial charge in [-0.25, -0.2) is 13.2 Å². The van der Waals surface area contributed by atoms with Gasteiger partial charge in [0.05, 0.1) is 5.56 Å². The number of aliphatic hydroxyl groups excluding tert-OH is 1. The molecule has 1 heterocycles. The van der Waals surface area contributed by atoms with Crippen LogP contribution in [0.5, 0.6) is 0 Å². The van der Waals surface area contributed by atoms with Crippen LogP contribution in [0.1, 0.15) is 40.8 Å². The lowest BCUT2D eigenvalue weighted by Crippen LogP contribution is -2.44. The molecule has 1 amide bonds. The molecule has 0 unspecified atom stereocenters. The molecular formula is C15H15F3N4O2. The van der Waals surface area contributed by atoms with E-state index in [1.807, 2.05) is 0 Å². The molecule has 0 atom stereocenters. The lowest BCUT2D eigenvalue weighted by Gasteiger charge is -2.35. The first-order valence-corrected chi connectivity index (χ1v) is 7.35. The van der Waals surface area contributed by atoms with E-state index in [1.54, 1.807) is 11.6 Å². The smallest absolute Gasteiger partial charge is 0.254 e. The van der Waals surface area contributed by atoms with Crippen molar-refractivity contribution in [3.63, 3.8) is 0 Å². The third-order valence-electron chi connectivity index (χ3n) is 4.26. The van der Waals surface area contributed by atoms with Gasteiger partial charge >= 0.3 is 0 Å². The van der Waals surface area contributed by atoms with Crippen LogP contribution in [0, 0.1) is 17.5 Å². The zero-order valence-electron chi connectivity index (χ0n) is 12.8. The summed E-state index contributed by atoms with van der Waals surface area (Å²) in [4.78, 5) is 12.0. The summed E-state index contributed by atoms with van der Waals surface area (Å²) in [5, 5.41) is 19.5. The highest BCUT2D eigenvalue weighted by molar-refractivity contribution is 5.94. The van der Waals surface area contributed by atoms with Crippen molar-refractivity contribution in [3.8, 4) is 0 Å². The number of carbonyl (C=O) groups is 1. The zero-order chi connectivity index (χ0) is 17.4. The van der Waals surface area contributed by atoms with E-state index in [4.69, 9.17) is 5.11 Å². The molecular weight excluding hydrogens is 325 g/mol. The van der Waals surface area contributed by atoms with Gasteiger partial charge in [0.25, 0.3) is 5.91 Å². The highest BCUT2D eigenvalue weighted by Gasteiger charge is 2.35. The van der Waals surface area contributed by atoms with Crippen LogP contribution in [-0.2, 0) is 13.7 Å². The van der Waals surface area contributed by atoms with Crippen molar-refractivity contribution in [2.24, 2.45) is 7.05 Å². The summed E-state index contributed by atoms with van der Waals surface area (Å²) >= 11 is 0. The van der Waals surface area contributed by atoms with E-state index < -0.39 is 28.9 Å². The summed E-state index contributed by atoms with van der Waals surface area (Å²) in [6, 6.07) is 1.41. The molecule has 2 aromatic rings. The maximum Gasteiger partial charge on any atom is 0.254 e. The Morgan fingerprint density at radius 3 is 2.62 bits per heavy atom. The lowest BCUT2D eigenvalue weighted by molar-refractivity contribution is 0.0901. The molecule has 1 aromatic heterocycles. The van der Waals surface area contributed by atoms with Gasteiger partial charge in [-0.15, -0.1) is 10.2 Å². The largest absolute Gasteiger partial charge is 0.388 e. The van der Waals surface area contributed by atoms with Crippen LogP contribution in [0.4, 0.5) is 13.2 Å². The Morgan fingerprint density at radius 1 is 1.29 bits per heavy atom. The maximum atomic E-state index is 13.6. The zero-order valence-corrected chi connectivity index (χ0v) is 12.8. The Kier molecular flexibility index (Phi) is 4.27. The third-order valence-corrected chi connectivity index (χ3v) is 4.26. The van der Waals surface area contributed by atoms with Crippen molar-refractivity contribution in [1.82, 2.24) is 20.1 Å². The second kappa shape index (κ2) is 6.23. The van der Waals surface area contributed by atoms with Gasteiger partial charge in [-0.2, -0.15) is 0 Å². The molecule has 1 aliphatic carbocycles. The fourth-order valence-corrected chi connectivity index (χ4v) is 2.78. The molecule has 6 nitrogen and oxygen atoms in total. The standard InChI is InChI=1S/C15H15F3N4O2/c1-22-11(6-23)20-21-14(22)7-4-8(5-7)19-15(24)9-2-3-10(16)13(18)12(9)17/h2-3,7-8,23H,4-6H2,1H3,(H,19,24). The van der Waals surface area contributed by atoms with Crippen LogP contribution in [0.3, 0.4) is 0 Å². The number of aliphatic hydroxyl groups is 1. The average molecular weight is 340 g/mol. The Labute approximate surface area is 135 Å². The van der Waals surface area contributed by atoms with Crippen molar-refractivity contribution in [3.05, 3.63) is 46.8 Å². The monoisotopic (exact) mass is 340 g/mol. The normalized spacial score (nSPS) is 19.9. The summed E-state index contributed by atoms with van der Waals surface area (Å²) in [6.45, 7) is -0.216. The fraction of sp³-hybridized carbons (Fsp3) is 0.400. The van der Waals surface area contributed by atoms with E-state index in [1.165, 1.54) is 0 Å². The predicted molar refractivity (Wildman–Crippen MR) is 76.5 cm³/mol. The van der Waals surface area contributed by atoms with Gasteiger partial charge in [-0.05, 0) is 25.0 Å². The van der Waals surface area contributed by atoms with Crippen LogP contribution in [0.2, 0.25) is 0 Å². The van der Waals surface area contributed by atoms with Gasteiger partial charge in [0, 0.05) is 19.0 Å². The molecule has 24 heavy (non-hydrogen) atoms. The molecule has 0 bridgehead atoms. The van der Waals surface area contributed by atoms with E-state index in [2.05, 4.69) is 15.5 Å². The minimum absolute atomic E-state index is 0.0582. The van der Waals surface area contributed by atoms with Crippen molar-refractivity contribution >= 4 is 5.91 Å². The highest BCUT2D eigenvalue weighted by Crippen LogP contribution is 2.36. The number of rotatable bonds is 4. The number of hydrogen-bond acceptors (Lipinski definition) is 4. The minimum Gasteiger partial charge on any atom is -0.388 e. The first-order valence-electron chi connectivity index (χ1n) is 7.35. The number of nitrogens with one attached hydrogen (secondary N) is 1. The van der Waals surface area contributed by atoms with Crippen LogP contribution in [-0.4, -0.2) is 31.8 Å². The van der Waals surface area contributed by atoms with E-state index >= 15 is 0 Å². The van der Waals surface area contributed by atoms with E-state index in [9.17, 15) is 18.0 Å². The summed E-state index contributed by atoms with van der Waals surface area (Å²) in [5.74, 6) is -4.08. The van der Waals surface area contributed by atoms with Gasteiger partial charge in [0.2, 0.25) is 0 Å². The first-order chi connectivity index (χ1) is 11.4. The van der Waals surface area contributed by atoms with E-state index in [0.717, 1.165) is 6.07 Å². The molecule has 3 rings (SSSR count). The summed E-state index contributed by atoms with van der Waals surface area (Å²) in [7, 11) is 1.74. The molecule has 0 saturated heterocycles. The molecule has 1 aromatic carbocycles. The van der Waals surface area contributed by atoms with Crippen molar-refractivity contribution in [2.45, 2.75) is 31.4 Å². The molecule has 128 valence electrons. The fourth-order valence-electron chi connectivity index (χ4n) is 2.78. The van der Waals surface area contributed by atoms with Crippen LogP contribution >= 0.6 is 0 Å². The number of halogens is 3. The first kappa shape index (κ1) is 16.4. The SMILES string of the molecule is Cn1c(CO)nnc1C1CC(NC(=O)c2ccc(F)c(F)c2F)C1. The molecule has 2 N–H and O–H groups in total. The lowest BCUT2D eigenvalue weighted by atomic mass is 9.79. The number of aromatic nitrogens is 3. The number of carbonyl (C=O) groups excluding carboxylic acids is 1. The molecule has 0 spiro atoms. The summed E-state index contributed by atoms with van der Waals surface area (Å²) in [6.07, 6.45) is 1.13. The Bertz CT molecular complexity index is 787. The van der Waals surface area contributed by atoms with Crippen LogP contribution < -0.4 is 5.32 Å². The van der Waals surface area contributed by atoms with E-state index in [-0.39, 0.29) is 18.6 Å². The molecule has 0 aliphatic heterocycles. The Morgan fingerprint density at radius 2 is 2.00 bits per heavy atom. The number of hydrogen-bond donors (Lipinski definition) is 2. The number of amides is 1. The number of benzene rings is 1. The Hall–Kier alpha value is -2.42. The van der Waals surface area contributed by atoms with Crippen molar-refractivity contribution in [1.29, 1.82) is 0 Å². The summed E-state index contributed by atoms with van der Waals surface area (Å²) < 4.78 is 41.4. The Balaban J connectivity index is 1.62. The van der Waals surface area contributed by atoms with Gasteiger partial charge in [0.15, 0.2) is 23.3 Å². The topological polar surface area (TPSA) is 80.0 Å². The second-order valence-electron chi connectivity index (χ2n) is 5.75. The maximum absolute atomic E-state index is 13.6. The van der Waals surface area contributed by atoms with E-state index in [0.29, 0.717) is 30.6 Å². The minimum atomic E-state index is -1.66. The van der Waals surface area contributed by atoms with Gasteiger partial charge in [-0.1, -0.05) is 0 Å². The highest BCUT2D eigenvalue weighted by atomic mass is 19.2. The summed E-state index contributed by atoms with van der Waals surface area (Å²) in [5.41, 5.74) is -0.529. The van der Waals surface area contributed by atoms with Crippen molar-refractivity contribution in [2.75, 3.05) is 0 Å². The molecule has 1 aliphatic rings. The third kappa shape index (κ3) is 2.75.